The molecule has 1 aliphatic heterocycles. The van der Waals surface area contributed by atoms with Gasteiger partial charge < -0.3 is 4.90 Å². The lowest BCUT2D eigenvalue weighted by molar-refractivity contribution is 0.253. The van der Waals surface area contributed by atoms with Crippen molar-refractivity contribution >= 4 is 11.8 Å². The number of thioether (sulfide) groups is 1. The molecule has 1 aliphatic rings. The van der Waals surface area contributed by atoms with E-state index in [1.165, 1.54) is 44.0 Å². The molecule has 0 saturated carbocycles. The molecule has 0 aromatic rings. The minimum atomic E-state index is 0.901. The first-order valence-electron chi connectivity index (χ1n) is 5.13. The van der Waals surface area contributed by atoms with Crippen molar-refractivity contribution in [2.45, 2.75) is 26.7 Å². The van der Waals surface area contributed by atoms with Crippen molar-refractivity contribution in [2.24, 2.45) is 5.92 Å². The second-order valence-electron chi connectivity index (χ2n) is 3.81. The molecule has 1 saturated heterocycles. The normalized spacial score (nSPS) is 22.5. The first-order chi connectivity index (χ1) is 5.83. The molecule has 0 bridgehead atoms. The Morgan fingerprint density at radius 3 is 2.58 bits per heavy atom. The molecular weight excluding hydrogens is 166 g/mol. The molecule has 1 heterocycles. The zero-order valence-electron chi connectivity index (χ0n) is 8.38. The molecule has 72 valence electrons. The molecule has 1 rings (SSSR count). The molecule has 0 aromatic carbocycles. The van der Waals surface area contributed by atoms with E-state index in [-0.39, 0.29) is 0 Å². The molecule has 1 nitrogen and oxygen atoms in total. The van der Waals surface area contributed by atoms with Crippen LogP contribution in [0.5, 0.6) is 0 Å². The zero-order chi connectivity index (χ0) is 8.81. The van der Waals surface area contributed by atoms with Gasteiger partial charge in [0.1, 0.15) is 0 Å². The zero-order valence-corrected chi connectivity index (χ0v) is 9.20. The van der Waals surface area contributed by atoms with Crippen LogP contribution in [0.2, 0.25) is 0 Å². The summed E-state index contributed by atoms with van der Waals surface area (Å²) in [6.07, 6.45) is 2.73. The minimum Gasteiger partial charge on any atom is -0.301 e. The Balaban J connectivity index is 2.11. The van der Waals surface area contributed by atoms with Crippen LogP contribution in [0.15, 0.2) is 0 Å². The fourth-order valence-corrected chi connectivity index (χ4v) is 2.79. The van der Waals surface area contributed by atoms with E-state index in [2.05, 4.69) is 30.5 Å². The summed E-state index contributed by atoms with van der Waals surface area (Å²) in [7, 11) is 0. The van der Waals surface area contributed by atoms with Gasteiger partial charge in [0.2, 0.25) is 0 Å². The van der Waals surface area contributed by atoms with Gasteiger partial charge in [-0.3, -0.25) is 0 Å². The largest absolute Gasteiger partial charge is 0.301 e. The van der Waals surface area contributed by atoms with E-state index in [0.29, 0.717) is 0 Å². The minimum absolute atomic E-state index is 0.901. The van der Waals surface area contributed by atoms with Crippen molar-refractivity contribution in [3.63, 3.8) is 0 Å². The quantitative estimate of drug-likeness (QED) is 0.665. The van der Waals surface area contributed by atoms with Crippen LogP contribution in [0.4, 0.5) is 0 Å². The van der Waals surface area contributed by atoms with Crippen LogP contribution in [-0.2, 0) is 0 Å². The van der Waals surface area contributed by atoms with Gasteiger partial charge in [-0.25, -0.2) is 0 Å². The van der Waals surface area contributed by atoms with Crippen molar-refractivity contribution in [1.82, 2.24) is 4.90 Å². The maximum Gasteiger partial charge on any atom is 0.00728 e. The predicted molar refractivity (Wildman–Crippen MR) is 57.8 cm³/mol. The van der Waals surface area contributed by atoms with Crippen LogP contribution >= 0.6 is 11.8 Å². The van der Waals surface area contributed by atoms with Gasteiger partial charge >= 0.3 is 0 Å². The molecule has 0 amide bonds. The second kappa shape index (κ2) is 5.87. The third kappa shape index (κ3) is 3.81. The van der Waals surface area contributed by atoms with E-state index in [9.17, 15) is 0 Å². The molecule has 0 spiro atoms. The molecule has 1 unspecified atom stereocenters. The summed E-state index contributed by atoms with van der Waals surface area (Å²) in [5, 5.41) is 0. The molecule has 2 heteroatoms. The summed E-state index contributed by atoms with van der Waals surface area (Å²) in [5.74, 6) is 3.59. The van der Waals surface area contributed by atoms with E-state index in [4.69, 9.17) is 0 Å². The summed E-state index contributed by atoms with van der Waals surface area (Å²) in [6, 6.07) is 0. The maximum absolute atomic E-state index is 2.62. The van der Waals surface area contributed by atoms with E-state index in [1.807, 2.05) is 0 Å². The average Bonchev–Trinajstić information content (AvgIpc) is 2.06. The van der Waals surface area contributed by atoms with Gasteiger partial charge in [0.25, 0.3) is 0 Å². The monoisotopic (exact) mass is 187 g/mol. The van der Waals surface area contributed by atoms with Crippen LogP contribution in [0.3, 0.4) is 0 Å². The molecular formula is C10H21NS. The maximum atomic E-state index is 2.62. The SMILES string of the molecule is CCCC(C)CN1CCSCC1. The van der Waals surface area contributed by atoms with Crippen LogP contribution in [0.1, 0.15) is 26.7 Å². The van der Waals surface area contributed by atoms with Gasteiger partial charge in [0, 0.05) is 31.1 Å². The molecule has 12 heavy (non-hydrogen) atoms. The van der Waals surface area contributed by atoms with Gasteiger partial charge in [0.05, 0.1) is 0 Å². The smallest absolute Gasteiger partial charge is 0.00728 e. The lowest BCUT2D eigenvalue weighted by Gasteiger charge is -2.28. The van der Waals surface area contributed by atoms with Crippen LogP contribution in [0, 0.1) is 5.92 Å². The summed E-state index contributed by atoms with van der Waals surface area (Å²) >= 11 is 2.10. The molecule has 0 aliphatic carbocycles. The molecule has 1 fully saturated rings. The first-order valence-corrected chi connectivity index (χ1v) is 6.28. The fourth-order valence-electron chi connectivity index (χ4n) is 1.81. The number of hydrogen-bond donors (Lipinski definition) is 0. The highest BCUT2D eigenvalue weighted by Crippen LogP contribution is 2.13. The number of rotatable bonds is 4. The van der Waals surface area contributed by atoms with Crippen molar-refractivity contribution < 1.29 is 0 Å². The van der Waals surface area contributed by atoms with Crippen molar-refractivity contribution in [3.05, 3.63) is 0 Å². The van der Waals surface area contributed by atoms with Crippen LogP contribution < -0.4 is 0 Å². The van der Waals surface area contributed by atoms with Gasteiger partial charge in [-0.2, -0.15) is 11.8 Å². The Kier molecular flexibility index (Phi) is 5.08. The topological polar surface area (TPSA) is 3.24 Å². The third-order valence-corrected chi connectivity index (χ3v) is 3.40. The highest BCUT2D eigenvalue weighted by atomic mass is 32.2. The molecule has 0 radical (unpaired) electrons. The van der Waals surface area contributed by atoms with Gasteiger partial charge in [-0.1, -0.05) is 20.3 Å². The highest BCUT2D eigenvalue weighted by molar-refractivity contribution is 7.99. The van der Waals surface area contributed by atoms with Gasteiger partial charge in [0.15, 0.2) is 0 Å². The predicted octanol–water partition coefficient (Wildman–Crippen LogP) is 2.47. The molecule has 1 atom stereocenters. The Labute approximate surface area is 80.9 Å². The Morgan fingerprint density at radius 1 is 1.33 bits per heavy atom. The van der Waals surface area contributed by atoms with E-state index < -0.39 is 0 Å². The number of hydrogen-bond acceptors (Lipinski definition) is 2. The lowest BCUT2D eigenvalue weighted by atomic mass is 10.1. The van der Waals surface area contributed by atoms with Crippen molar-refractivity contribution in [3.8, 4) is 0 Å². The van der Waals surface area contributed by atoms with Crippen LogP contribution in [0.25, 0.3) is 0 Å². The number of nitrogens with zero attached hydrogens (tertiary/aromatic N) is 1. The fraction of sp³-hybridized carbons (Fsp3) is 1.00. The summed E-state index contributed by atoms with van der Waals surface area (Å²) in [4.78, 5) is 2.62. The second-order valence-corrected chi connectivity index (χ2v) is 5.03. The van der Waals surface area contributed by atoms with E-state index in [0.717, 1.165) is 5.92 Å². The Bertz CT molecular complexity index is 110. The van der Waals surface area contributed by atoms with Crippen molar-refractivity contribution in [1.29, 1.82) is 0 Å². The first kappa shape index (κ1) is 10.4. The van der Waals surface area contributed by atoms with Gasteiger partial charge in [-0.05, 0) is 12.3 Å². The lowest BCUT2D eigenvalue weighted by Crippen LogP contribution is -2.35. The molecule has 0 N–H and O–H groups in total. The average molecular weight is 187 g/mol. The van der Waals surface area contributed by atoms with Gasteiger partial charge in [-0.15, -0.1) is 0 Å². The van der Waals surface area contributed by atoms with Crippen molar-refractivity contribution in [2.75, 3.05) is 31.1 Å². The standard InChI is InChI=1S/C10H21NS/c1-3-4-10(2)9-11-5-7-12-8-6-11/h10H,3-9H2,1-2H3. The molecule has 0 aromatic heterocycles. The highest BCUT2D eigenvalue weighted by Gasteiger charge is 2.12. The third-order valence-electron chi connectivity index (χ3n) is 2.46. The summed E-state index contributed by atoms with van der Waals surface area (Å²) < 4.78 is 0. The Morgan fingerprint density at radius 2 is 2.00 bits per heavy atom. The summed E-state index contributed by atoms with van der Waals surface area (Å²) in [5.41, 5.74) is 0. The van der Waals surface area contributed by atoms with E-state index in [1.54, 1.807) is 0 Å². The summed E-state index contributed by atoms with van der Waals surface area (Å²) in [6.45, 7) is 8.62. The van der Waals surface area contributed by atoms with Crippen LogP contribution in [-0.4, -0.2) is 36.0 Å². The van der Waals surface area contributed by atoms with E-state index >= 15 is 0 Å². The Hall–Kier alpha value is 0.310.